The van der Waals surface area contributed by atoms with E-state index in [1.54, 1.807) is 55.5 Å². The van der Waals surface area contributed by atoms with Crippen molar-refractivity contribution in [2.24, 2.45) is 0 Å². The zero-order valence-corrected chi connectivity index (χ0v) is 20.8. The minimum atomic E-state index is -3.78. The van der Waals surface area contributed by atoms with E-state index < -0.39 is 28.5 Å². The molecule has 33 heavy (non-hydrogen) atoms. The number of halogens is 1. The molecular weight excluding hydrogens is 466 g/mol. The first kappa shape index (κ1) is 26.5. The Morgan fingerprint density at radius 1 is 1.06 bits per heavy atom. The number of anilines is 1. The van der Waals surface area contributed by atoms with Crippen molar-refractivity contribution in [3.05, 3.63) is 59.1 Å². The van der Waals surface area contributed by atoms with Crippen LogP contribution in [0, 0.1) is 0 Å². The van der Waals surface area contributed by atoms with E-state index in [-0.39, 0.29) is 12.5 Å². The average molecular weight is 496 g/mol. The van der Waals surface area contributed by atoms with Crippen LogP contribution in [0.15, 0.2) is 48.5 Å². The molecule has 0 saturated carbocycles. The molecule has 0 fully saturated rings. The lowest BCUT2D eigenvalue weighted by atomic mass is 10.1. The molecule has 1 unspecified atom stereocenters. The molecule has 180 valence electrons. The number of nitrogens with zero attached hydrogens (tertiary/aromatic N) is 2. The molecule has 0 aliphatic heterocycles. The number of hydrogen-bond acceptors (Lipinski definition) is 5. The molecule has 0 saturated heterocycles. The van der Waals surface area contributed by atoms with Crippen LogP contribution < -0.4 is 14.4 Å². The summed E-state index contributed by atoms with van der Waals surface area (Å²) in [4.78, 5) is 27.3. The summed E-state index contributed by atoms with van der Waals surface area (Å²) < 4.78 is 31.5. The summed E-state index contributed by atoms with van der Waals surface area (Å²) in [5, 5.41) is 3.13. The molecule has 1 N–H and O–H groups in total. The van der Waals surface area contributed by atoms with Crippen molar-refractivity contribution in [1.82, 2.24) is 10.2 Å². The second-order valence-electron chi connectivity index (χ2n) is 7.38. The van der Waals surface area contributed by atoms with Crippen LogP contribution in [0.3, 0.4) is 0 Å². The van der Waals surface area contributed by atoms with Gasteiger partial charge >= 0.3 is 0 Å². The number of amides is 2. The molecule has 2 rings (SSSR count). The first-order chi connectivity index (χ1) is 15.6. The molecule has 2 aromatic carbocycles. The van der Waals surface area contributed by atoms with Crippen molar-refractivity contribution in [2.75, 3.05) is 30.8 Å². The second kappa shape index (κ2) is 11.9. The maximum Gasteiger partial charge on any atom is 0.244 e. The molecule has 2 amide bonds. The third kappa shape index (κ3) is 7.36. The fourth-order valence-corrected chi connectivity index (χ4v) is 4.34. The van der Waals surface area contributed by atoms with Crippen LogP contribution in [0.1, 0.15) is 25.8 Å². The first-order valence-corrected chi connectivity index (χ1v) is 12.8. The fraction of sp³-hybridized carbons (Fsp3) is 0.391. The van der Waals surface area contributed by atoms with Crippen molar-refractivity contribution in [2.45, 2.75) is 32.9 Å². The molecule has 0 heterocycles. The molecule has 0 aliphatic carbocycles. The lowest BCUT2D eigenvalue weighted by Crippen LogP contribution is -2.51. The number of benzene rings is 2. The number of ether oxygens (including phenoxy) is 1. The maximum atomic E-state index is 13.4. The van der Waals surface area contributed by atoms with E-state index in [4.69, 9.17) is 16.3 Å². The highest BCUT2D eigenvalue weighted by atomic mass is 35.5. The van der Waals surface area contributed by atoms with Gasteiger partial charge in [-0.05, 0) is 55.3 Å². The lowest BCUT2D eigenvalue weighted by molar-refractivity contribution is -0.140. The Balaban J connectivity index is 2.38. The minimum Gasteiger partial charge on any atom is -0.494 e. The topological polar surface area (TPSA) is 96.0 Å². The molecule has 2 aromatic rings. The summed E-state index contributed by atoms with van der Waals surface area (Å²) in [6.45, 7) is 3.80. The standard InChI is InChI=1S/C23H30ClN3O5S/c1-5-21(23(29)25-3)26(15-17-7-9-18(24)10-8-17)22(28)16-27(33(4,30)31)19-11-13-20(14-12-19)32-6-2/h7-14,21H,5-6,15-16H2,1-4H3,(H,25,29). The molecule has 0 aromatic heterocycles. The Labute approximate surface area is 200 Å². The van der Waals surface area contributed by atoms with Gasteiger partial charge in [0.05, 0.1) is 18.6 Å². The maximum absolute atomic E-state index is 13.4. The molecule has 1 atom stereocenters. The van der Waals surface area contributed by atoms with Gasteiger partial charge in [0.1, 0.15) is 18.3 Å². The van der Waals surface area contributed by atoms with Crippen LogP contribution in [0.25, 0.3) is 0 Å². The minimum absolute atomic E-state index is 0.128. The van der Waals surface area contributed by atoms with E-state index in [0.29, 0.717) is 29.5 Å². The number of nitrogens with one attached hydrogen (secondary N) is 1. The molecule has 0 bridgehead atoms. The van der Waals surface area contributed by atoms with Crippen LogP contribution in [-0.2, 0) is 26.2 Å². The Morgan fingerprint density at radius 3 is 2.15 bits per heavy atom. The third-order valence-corrected chi connectivity index (χ3v) is 6.41. The Kier molecular flexibility index (Phi) is 9.55. The smallest absolute Gasteiger partial charge is 0.244 e. The van der Waals surface area contributed by atoms with Gasteiger partial charge in [0.2, 0.25) is 21.8 Å². The summed E-state index contributed by atoms with van der Waals surface area (Å²) in [6, 6.07) is 12.6. The number of hydrogen-bond donors (Lipinski definition) is 1. The molecule has 0 radical (unpaired) electrons. The van der Waals surface area contributed by atoms with Crippen molar-refractivity contribution < 1.29 is 22.7 Å². The summed E-state index contributed by atoms with van der Waals surface area (Å²) >= 11 is 5.96. The monoisotopic (exact) mass is 495 g/mol. The van der Waals surface area contributed by atoms with Crippen LogP contribution in [0.4, 0.5) is 5.69 Å². The van der Waals surface area contributed by atoms with E-state index in [1.807, 2.05) is 6.92 Å². The van der Waals surface area contributed by atoms with Crippen LogP contribution in [0.5, 0.6) is 5.75 Å². The predicted octanol–water partition coefficient (Wildman–Crippen LogP) is 3.06. The molecule has 10 heteroatoms. The number of likely N-dealkylation sites (N-methyl/N-ethyl adjacent to an activating group) is 1. The highest BCUT2D eigenvalue weighted by molar-refractivity contribution is 7.92. The first-order valence-electron chi connectivity index (χ1n) is 10.6. The van der Waals surface area contributed by atoms with E-state index in [0.717, 1.165) is 16.1 Å². The van der Waals surface area contributed by atoms with Crippen LogP contribution >= 0.6 is 11.6 Å². The predicted molar refractivity (Wildman–Crippen MR) is 130 cm³/mol. The van der Waals surface area contributed by atoms with Gasteiger partial charge in [-0.25, -0.2) is 8.42 Å². The molecule has 0 spiro atoms. The summed E-state index contributed by atoms with van der Waals surface area (Å²) in [5.74, 6) is -0.234. The van der Waals surface area contributed by atoms with Gasteiger partial charge in [-0.1, -0.05) is 30.7 Å². The van der Waals surface area contributed by atoms with Crippen molar-refractivity contribution in [1.29, 1.82) is 0 Å². The van der Waals surface area contributed by atoms with E-state index in [9.17, 15) is 18.0 Å². The van der Waals surface area contributed by atoms with Gasteiger partial charge in [-0.2, -0.15) is 0 Å². The van der Waals surface area contributed by atoms with Crippen LogP contribution in [-0.4, -0.2) is 57.6 Å². The van der Waals surface area contributed by atoms with E-state index in [1.165, 1.54) is 11.9 Å². The summed E-state index contributed by atoms with van der Waals surface area (Å²) in [6.07, 6.45) is 1.40. The SMILES string of the molecule is CCOc1ccc(N(CC(=O)N(Cc2ccc(Cl)cc2)C(CC)C(=O)NC)S(C)(=O)=O)cc1. The zero-order chi connectivity index (χ0) is 24.6. The normalized spacial score (nSPS) is 12.0. The Morgan fingerprint density at radius 2 is 1.67 bits per heavy atom. The highest BCUT2D eigenvalue weighted by Gasteiger charge is 2.31. The van der Waals surface area contributed by atoms with Gasteiger partial charge in [0.25, 0.3) is 0 Å². The average Bonchev–Trinajstić information content (AvgIpc) is 2.78. The number of sulfonamides is 1. The second-order valence-corrected chi connectivity index (χ2v) is 9.73. The Hall–Kier alpha value is -2.78. The zero-order valence-electron chi connectivity index (χ0n) is 19.2. The van der Waals surface area contributed by atoms with Gasteiger partial charge in [0, 0.05) is 18.6 Å². The highest BCUT2D eigenvalue weighted by Crippen LogP contribution is 2.23. The lowest BCUT2D eigenvalue weighted by Gasteiger charge is -2.32. The van der Waals surface area contributed by atoms with Crippen molar-refractivity contribution >= 4 is 39.1 Å². The molecule has 8 nitrogen and oxygen atoms in total. The van der Waals surface area contributed by atoms with Crippen molar-refractivity contribution in [3.63, 3.8) is 0 Å². The van der Waals surface area contributed by atoms with Gasteiger partial charge in [0.15, 0.2) is 0 Å². The fourth-order valence-electron chi connectivity index (χ4n) is 3.36. The van der Waals surface area contributed by atoms with Crippen LogP contribution in [0.2, 0.25) is 5.02 Å². The summed E-state index contributed by atoms with van der Waals surface area (Å²) in [5.41, 5.74) is 1.09. The van der Waals surface area contributed by atoms with Crippen molar-refractivity contribution in [3.8, 4) is 5.75 Å². The molecule has 0 aliphatic rings. The number of carbonyl (C=O) groups excluding carboxylic acids is 2. The third-order valence-electron chi connectivity index (χ3n) is 5.01. The van der Waals surface area contributed by atoms with Gasteiger partial charge < -0.3 is 15.0 Å². The quantitative estimate of drug-likeness (QED) is 0.517. The van der Waals surface area contributed by atoms with E-state index in [2.05, 4.69) is 5.32 Å². The van der Waals surface area contributed by atoms with Gasteiger partial charge in [-0.3, -0.25) is 13.9 Å². The number of rotatable bonds is 11. The molecular formula is C23H30ClN3O5S. The Bertz CT molecular complexity index is 1040. The largest absolute Gasteiger partial charge is 0.494 e. The van der Waals surface area contributed by atoms with E-state index >= 15 is 0 Å². The summed E-state index contributed by atoms with van der Waals surface area (Å²) in [7, 11) is -2.28. The number of carbonyl (C=O) groups is 2. The van der Waals surface area contributed by atoms with Gasteiger partial charge in [-0.15, -0.1) is 0 Å².